The van der Waals surface area contributed by atoms with Crippen LogP contribution in [0.1, 0.15) is 11.4 Å². The van der Waals surface area contributed by atoms with Crippen LogP contribution in [0.2, 0.25) is 0 Å². The number of hydrogen-bond acceptors (Lipinski definition) is 2. The van der Waals surface area contributed by atoms with Gasteiger partial charge in [0.1, 0.15) is 12.2 Å². The molecule has 1 heterocycles. The molecule has 1 aromatic heterocycles. The van der Waals surface area contributed by atoms with E-state index in [9.17, 15) is 0 Å². The normalized spacial score (nSPS) is 10.5. The smallest absolute Gasteiger partial charge is 0.141 e. The minimum atomic E-state index is 0.411. The predicted molar refractivity (Wildman–Crippen MR) is 59.7 cm³/mol. The number of hydrogen-bond donors (Lipinski definition) is 0. The lowest BCUT2D eigenvalue weighted by Crippen LogP contribution is -2.06. The van der Waals surface area contributed by atoms with Gasteiger partial charge in [-0.2, -0.15) is 5.10 Å². The van der Waals surface area contributed by atoms with Crippen molar-refractivity contribution < 1.29 is 0 Å². The number of benzene rings is 1. The second kappa shape index (κ2) is 4.94. The number of aryl methyl sites for hydroxylation is 2. The van der Waals surface area contributed by atoms with E-state index in [1.807, 2.05) is 22.9 Å². The van der Waals surface area contributed by atoms with Gasteiger partial charge in [-0.15, -0.1) is 11.6 Å². The Balaban J connectivity index is 1.99. The van der Waals surface area contributed by atoms with Crippen molar-refractivity contribution in [3.8, 4) is 0 Å². The van der Waals surface area contributed by atoms with Gasteiger partial charge in [-0.25, -0.2) is 9.67 Å². The van der Waals surface area contributed by atoms with E-state index in [4.69, 9.17) is 11.6 Å². The van der Waals surface area contributed by atoms with E-state index >= 15 is 0 Å². The average Bonchev–Trinajstić information content (AvgIpc) is 2.75. The second-order valence-electron chi connectivity index (χ2n) is 3.27. The maximum absolute atomic E-state index is 5.73. The fourth-order valence-electron chi connectivity index (χ4n) is 1.46. The van der Waals surface area contributed by atoms with Crippen LogP contribution in [-0.4, -0.2) is 14.8 Å². The van der Waals surface area contributed by atoms with E-state index in [-0.39, 0.29) is 0 Å². The molecule has 4 heteroatoms. The standard InChI is InChI=1S/C11H12ClN3/c12-8-11-13-9-14-15(11)7-6-10-4-2-1-3-5-10/h1-5,9H,6-8H2. The van der Waals surface area contributed by atoms with E-state index in [0.29, 0.717) is 5.88 Å². The second-order valence-corrected chi connectivity index (χ2v) is 3.54. The summed E-state index contributed by atoms with van der Waals surface area (Å²) in [5.74, 6) is 1.24. The Morgan fingerprint density at radius 3 is 2.73 bits per heavy atom. The van der Waals surface area contributed by atoms with Gasteiger partial charge in [0, 0.05) is 6.54 Å². The summed E-state index contributed by atoms with van der Waals surface area (Å²) in [7, 11) is 0. The molecule has 0 saturated heterocycles. The third-order valence-electron chi connectivity index (χ3n) is 2.27. The first-order valence-corrected chi connectivity index (χ1v) is 5.40. The zero-order valence-corrected chi connectivity index (χ0v) is 9.06. The van der Waals surface area contributed by atoms with Crippen molar-refractivity contribution in [2.75, 3.05) is 0 Å². The Morgan fingerprint density at radius 2 is 2.00 bits per heavy atom. The highest BCUT2D eigenvalue weighted by molar-refractivity contribution is 6.16. The zero-order valence-electron chi connectivity index (χ0n) is 8.31. The molecular formula is C11H12ClN3. The van der Waals surface area contributed by atoms with Crippen LogP contribution in [0.5, 0.6) is 0 Å². The summed E-state index contributed by atoms with van der Waals surface area (Å²) in [5, 5.41) is 4.12. The molecular weight excluding hydrogens is 210 g/mol. The van der Waals surface area contributed by atoms with Gasteiger partial charge in [0.15, 0.2) is 0 Å². The molecule has 0 unspecified atom stereocenters. The van der Waals surface area contributed by atoms with Crippen LogP contribution < -0.4 is 0 Å². The minimum absolute atomic E-state index is 0.411. The van der Waals surface area contributed by atoms with E-state index in [1.54, 1.807) is 6.33 Å². The van der Waals surface area contributed by atoms with Gasteiger partial charge >= 0.3 is 0 Å². The molecule has 0 aliphatic carbocycles. The summed E-state index contributed by atoms with van der Waals surface area (Å²) in [4.78, 5) is 4.07. The monoisotopic (exact) mass is 221 g/mol. The Kier molecular flexibility index (Phi) is 3.35. The Bertz CT molecular complexity index is 411. The molecule has 0 aliphatic rings. The molecule has 1 aromatic carbocycles. The maximum atomic E-state index is 5.73. The number of nitrogens with zero attached hydrogens (tertiary/aromatic N) is 3. The number of aromatic nitrogens is 3. The summed E-state index contributed by atoms with van der Waals surface area (Å²) in [6.45, 7) is 0.825. The highest BCUT2D eigenvalue weighted by Crippen LogP contribution is 2.04. The molecule has 2 aromatic rings. The number of halogens is 1. The van der Waals surface area contributed by atoms with Gasteiger partial charge in [-0.1, -0.05) is 30.3 Å². The van der Waals surface area contributed by atoms with Crippen LogP contribution in [0.3, 0.4) is 0 Å². The van der Waals surface area contributed by atoms with Crippen molar-refractivity contribution in [2.45, 2.75) is 18.8 Å². The SMILES string of the molecule is ClCc1ncnn1CCc1ccccc1. The molecule has 0 radical (unpaired) electrons. The highest BCUT2D eigenvalue weighted by Gasteiger charge is 2.02. The largest absolute Gasteiger partial charge is 0.249 e. The molecule has 0 bridgehead atoms. The van der Waals surface area contributed by atoms with Crippen LogP contribution >= 0.6 is 11.6 Å². The van der Waals surface area contributed by atoms with Crippen LogP contribution in [-0.2, 0) is 18.8 Å². The van der Waals surface area contributed by atoms with Crippen LogP contribution in [0.25, 0.3) is 0 Å². The van der Waals surface area contributed by atoms with Gasteiger partial charge in [0.2, 0.25) is 0 Å². The summed E-state index contributed by atoms with van der Waals surface area (Å²) in [6.07, 6.45) is 2.50. The van der Waals surface area contributed by atoms with Crippen molar-refractivity contribution in [3.05, 3.63) is 48.0 Å². The average molecular weight is 222 g/mol. The van der Waals surface area contributed by atoms with Crippen molar-refractivity contribution in [2.24, 2.45) is 0 Å². The molecule has 0 N–H and O–H groups in total. The number of alkyl halides is 1. The topological polar surface area (TPSA) is 30.7 Å². The highest BCUT2D eigenvalue weighted by atomic mass is 35.5. The van der Waals surface area contributed by atoms with Crippen molar-refractivity contribution in [3.63, 3.8) is 0 Å². The van der Waals surface area contributed by atoms with Gasteiger partial charge in [-0.3, -0.25) is 0 Å². The molecule has 0 atom stereocenters. The summed E-state index contributed by atoms with van der Waals surface area (Å²) in [5.41, 5.74) is 1.30. The first-order valence-electron chi connectivity index (χ1n) is 4.86. The molecule has 2 rings (SSSR count). The summed E-state index contributed by atoms with van der Waals surface area (Å²) >= 11 is 5.73. The molecule has 0 aliphatic heterocycles. The molecule has 0 saturated carbocycles. The van der Waals surface area contributed by atoms with E-state index < -0.39 is 0 Å². The van der Waals surface area contributed by atoms with Gasteiger partial charge in [0.05, 0.1) is 5.88 Å². The third kappa shape index (κ3) is 2.57. The maximum Gasteiger partial charge on any atom is 0.141 e. The molecule has 3 nitrogen and oxygen atoms in total. The first-order chi connectivity index (χ1) is 7.40. The summed E-state index contributed by atoms with van der Waals surface area (Å²) < 4.78 is 1.85. The number of rotatable bonds is 4. The van der Waals surface area contributed by atoms with E-state index in [0.717, 1.165) is 18.8 Å². The van der Waals surface area contributed by atoms with E-state index in [1.165, 1.54) is 5.56 Å². The van der Waals surface area contributed by atoms with Crippen LogP contribution in [0, 0.1) is 0 Å². The predicted octanol–water partition coefficient (Wildman–Crippen LogP) is 2.26. The fourth-order valence-corrected chi connectivity index (χ4v) is 1.67. The van der Waals surface area contributed by atoms with Crippen molar-refractivity contribution in [1.29, 1.82) is 0 Å². The van der Waals surface area contributed by atoms with Gasteiger partial charge in [0.25, 0.3) is 0 Å². The molecule has 78 valence electrons. The lowest BCUT2D eigenvalue weighted by Gasteiger charge is -2.03. The lowest BCUT2D eigenvalue weighted by molar-refractivity contribution is 0.592. The molecule has 0 fully saturated rings. The van der Waals surface area contributed by atoms with Gasteiger partial charge < -0.3 is 0 Å². The molecule has 0 amide bonds. The Morgan fingerprint density at radius 1 is 1.20 bits per heavy atom. The molecule has 0 spiro atoms. The van der Waals surface area contributed by atoms with Crippen molar-refractivity contribution >= 4 is 11.6 Å². The zero-order chi connectivity index (χ0) is 10.5. The van der Waals surface area contributed by atoms with Crippen LogP contribution in [0.4, 0.5) is 0 Å². The lowest BCUT2D eigenvalue weighted by atomic mass is 10.1. The third-order valence-corrected chi connectivity index (χ3v) is 2.51. The van der Waals surface area contributed by atoms with Crippen molar-refractivity contribution in [1.82, 2.24) is 14.8 Å². The fraction of sp³-hybridized carbons (Fsp3) is 0.273. The Hall–Kier alpha value is -1.35. The Labute approximate surface area is 93.7 Å². The van der Waals surface area contributed by atoms with Crippen LogP contribution in [0.15, 0.2) is 36.7 Å². The summed E-state index contributed by atoms with van der Waals surface area (Å²) in [6, 6.07) is 10.3. The van der Waals surface area contributed by atoms with Gasteiger partial charge in [-0.05, 0) is 12.0 Å². The molecule has 15 heavy (non-hydrogen) atoms. The first kappa shape index (κ1) is 10.2. The quantitative estimate of drug-likeness (QED) is 0.742. The van der Waals surface area contributed by atoms with E-state index in [2.05, 4.69) is 22.2 Å². The minimum Gasteiger partial charge on any atom is -0.249 e.